The molecule has 1 aliphatic rings. The summed E-state index contributed by atoms with van der Waals surface area (Å²) in [7, 11) is 1.65. The number of hydrogen-bond acceptors (Lipinski definition) is 2. The second-order valence-corrected chi connectivity index (χ2v) is 7.16. The van der Waals surface area contributed by atoms with Gasteiger partial charge in [-0.25, -0.2) is 0 Å². The molecule has 0 bridgehead atoms. The Kier molecular flexibility index (Phi) is 4.87. The summed E-state index contributed by atoms with van der Waals surface area (Å²) in [5.41, 5.74) is 4.11. The Morgan fingerprint density at radius 3 is 2.52 bits per heavy atom. The predicted octanol–water partition coefficient (Wildman–Crippen LogP) is 5.22. The van der Waals surface area contributed by atoms with Crippen LogP contribution in [0.3, 0.4) is 0 Å². The molecule has 0 fully saturated rings. The van der Waals surface area contributed by atoms with Crippen molar-refractivity contribution < 1.29 is 9.53 Å². The molecule has 4 heteroatoms. The normalized spacial score (nSPS) is 15.7. The van der Waals surface area contributed by atoms with Crippen molar-refractivity contribution in [3.05, 3.63) is 94.5 Å². The summed E-state index contributed by atoms with van der Waals surface area (Å²) in [4.78, 5) is 15.2. The van der Waals surface area contributed by atoms with Crippen LogP contribution in [0.2, 0.25) is 5.02 Å². The number of benzene rings is 3. The third-order valence-corrected chi connectivity index (χ3v) is 5.21. The zero-order chi connectivity index (χ0) is 18.8. The van der Waals surface area contributed by atoms with E-state index in [4.69, 9.17) is 16.3 Å². The first kappa shape index (κ1) is 17.6. The number of amides is 1. The van der Waals surface area contributed by atoms with Crippen LogP contribution in [0.5, 0.6) is 5.75 Å². The molecule has 27 heavy (non-hydrogen) atoms. The Balaban J connectivity index is 1.68. The molecule has 0 aromatic heterocycles. The number of anilines is 1. The van der Waals surface area contributed by atoms with Crippen molar-refractivity contribution >= 4 is 23.2 Å². The molecule has 0 saturated carbocycles. The Morgan fingerprint density at radius 2 is 1.74 bits per heavy atom. The van der Waals surface area contributed by atoms with Crippen molar-refractivity contribution in [3.8, 4) is 5.75 Å². The molecule has 1 unspecified atom stereocenters. The molecule has 3 aromatic carbocycles. The monoisotopic (exact) mass is 377 g/mol. The number of methoxy groups -OCH3 is 1. The molecule has 1 atom stereocenters. The molecular formula is C23H20ClNO2. The van der Waals surface area contributed by atoms with Crippen LogP contribution in [0.1, 0.15) is 22.6 Å². The fourth-order valence-electron chi connectivity index (χ4n) is 3.65. The maximum absolute atomic E-state index is 13.3. The van der Waals surface area contributed by atoms with E-state index in [1.807, 2.05) is 77.7 Å². The standard InChI is InChI=1S/C23H20ClNO2/c1-27-19-9-5-8-17(12-19)13-21-20-14-18(24)10-11-22(20)25(23(21)26)15-16-6-3-2-4-7-16/h2-12,14,21H,13,15H2,1H3. The van der Waals surface area contributed by atoms with Crippen LogP contribution in [0, 0.1) is 0 Å². The summed E-state index contributed by atoms with van der Waals surface area (Å²) in [5, 5.41) is 0.652. The van der Waals surface area contributed by atoms with Gasteiger partial charge in [0, 0.05) is 10.7 Å². The van der Waals surface area contributed by atoms with Gasteiger partial charge in [-0.1, -0.05) is 54.1 Å². The van der Waals surface area contributed by atoms with E-state index in [2.05, 4.69) is 0 Å². The highest BCUT2D eigenvalue weighted by Crippen LogP contribution is 2.41. The van der Waals surface area contributed by atoms with Crippen LogP contribution >= 0.6 is 11.6 Å². The summed E-state index contributed by atoms with van der Waals surface area (Å²) in [6, 6.07) is 23.6. The number of nitrogens with zero attached hydrogens (tertiary/aromatic N) is 1. The number of carbonyl (C=O) groups excluding carboxylic acids is 1. The molecule has 1 aliphatic heterocycles. The number of halogens is 1. The van der Waals surface area contributed by atoms with Gasteiger partial charge in [-0.05, 0) is 53.4 Å². The molecule has 136 valence electrons. The first-order valence-electron chi connectivity index (χ1n) is 8.93. The van der Waals surface area contributed by atoms with Crippen molar-refractivity contribution in [2.24, 2.45) is 0 Å². The Morgan fingerprint density at radius 1 is 0.963 bits per heavy atom. The van der Waals surface area contributed by atoms with Crippen LogP contribution < -0.4 is 9.64 Å². The largest absolute Gasteiger partial charge is 0.497 e. The minimum atomic E-state index is -0.241. The van der Waals surface area contributed by atoms with Crippen LogP contribution in [-0.4, -0.2) is 13.0 Å². The van der Waals surface area contributed by atoms with E-state index in [1.54, 1.807) is 7.11 Å². The van der Waals surface area contributed by atoms with Gasteiger partial charge in [-0.3, -0.25) is 4.79 Å². The second kappa shape index (κ2) is 7.45. The molecule has 0 saturated heterocycles. The summed E-state index contributed by atoms with van der Waals surface area (Å²) < 4.78 is 5.32. The highest BCUT2D eigenvalue weighted by Gasteiger charge is 2.37. The van der Waals surface area contributed by atoms with E-state index in [9.17, 15) is 4.79 Å². The highest BCUT2D eigenvalue weighted by molar-refractivity contribution is 6.31. The molecular weight excluding hydrogens is 358 g/mol. The number of hydrogen-bond donors (Lipinski definition) is 0. The quantitative estimate of drug-likeness (QED) is 0.610. The van der Waals surface area contributed by atoms with Gasteiger partial charge < -0.3 is 9.64 Å². The van der Waals surface area contributed by atoms with Gasteiger partial charge >= 0.3 is 0 Å². The lowest BCUT2D eigenvalue weighted by atomic mass is 9.93. The van der Waals surface area contributed by atoms with Crippen LogP contribution in [0.25, 0.3) is 0 Å². The fourth-order valence-corrected chi connectivity index (χ4v) is 3.83. The Labute approximate surface area is 164 Å². The minimum absolute atomic E-state index is 0.110. The zero-order valence-corrected chi connectivity index (χ0v) is 15.8. The summed E-state index contributed by atoms with van der Waals surface area (Å²) in [6.07, 6.45) is 0.620. The zero-order valence-electron chi connectivity index (χ0n) is 15.1. The predicted molar refractivity (Wildman–Crippen MR) is 109 cm³/mol. The van der Waals surface area contributed by atoms with E-state index >= 15 is 0 Å². The highest BCUT2D eigenvalue weighted by atomic mass is 35.5. The lowest BCUT2D eigenvalue weighted by molar-refractivity contribution is -0.119. The Hall–Kier alpha value is -2.78. The van der Waals surface area contributed by atoms with Gasteiger partial charge in [0.05, 0.1) is 19.6 Å². The molecule has 0 N–H and O–H groups in total. The third kappa shape index (κ3) is 3.56. The van der Waals surface area contributed by atoms with E-state index < -0.39 is 0 Å². The second-order valence-electron chi connectivity index (χ2n) is 6.72. The average Bonchev–Trinajstić information content (AvgIpc) is 2.94. The van der Waals surface area contributed by atoms with Crippen LogP contribution in [0.15, 0.2) is 72.8 Å². The molecule has 0 aliphatic carbocycles. The number of carbonyl (C=O) groups is 1. The molecule has 1 amide bonds. The van der Waals surface area contributed by atoms with Crippen LogP contribution in [0.4, 0.5) is 5.69 Å². The van der Waals surface area contributed by atoms with Crippen molar-refractivity contribution in [2.75, 3.05) is 12.0 Å². The molecule has 3 nitrogen and oxygen atoms in total. The number of rotatable bonds is 5. The molecule has 4 rings (SSSR count). The molecule has 3 aromatic rings. The van der Waals surface area contributed by atoms with Crippen LogP contribution in [-0.2, 0) is 17.8 Å². The fraction of sp³-hybridized carbons (Fsp3) is 0.174. The maximum Gasteiger partial charge on any atom is 0.235 e. The first-order valence-corrected chi connectivity index (χ1v) is 9.31. The molecule has 0 spiro atoms. The van der Waals surface area contributed by atoms with Gasteiger partial charge in [0.1, 0.15) is 5.75 Å². The summed E-state index contributed by atoms with van der Waals surface area (Å²) in [6.45, 7) is 0.558. The SMILES string of the molecule is COc1cccc(CC2C(=O)N(Cc3ccccc3)c3ccc(Cl)cc32)c1. The lowest BCUT2D eigenvalue weighted by Gasteiger charge is -2.18. The van der Waals surface area contributed by atoms with E-state index in [-0.39, 0.29) is 11.8 Å². The third-order valence-electron chi connectivity index (χ3n) is 4.98. The van der Waals surface area contributed by atoms with Gasteiger partial charge in [-0.2, -0.15) is 0 Å². The average molecular weight is 378 g/mol. The smallest absolute Gasteiger partial charge is 0.235 e. The van der Waals surface area contributed by atoms with Gasteiger partial charge in [0.15, 0.2) is 0 Å². The lowest BCUT2D eigenvalue weighted by Crippen LogP contribution is -2.28. The molecule has 0 radical (unpaired) electrons. The van der Waals surface area contributed by atoms with Gasteiger partial charge in [0.25, 0.3) is 0 Å². The van der Waals surface area contributed by atoms with Crippen molar-refractivity contribution in [3.63, 3.8) is 0 Å². The molecule has 1 heterocycles. The van der Waals surface area contributed by atoms with Crippen molar-refractivity contribution in [2.45, 2.75) is 18.9 Å². The van der Waals surface area contributed by atoms with E-state index in [1.165, 1.54) is 0 Å². The van der Waals surface area contributed by atoms with Gasteiger partial charge in [0.2, 0.25) is 5.91 Å². The van der Waals surface area contributed by atoms with E-state index in [0.29, 0.717) is 18.0 Å². The van der Waals surface area contributed by atoms with Crippen molar-refractivity contribution in [1.82, 2.24) is 0 Å². The minimum Gasteiger partial charge on any atom is -0.497 e. The number of ether oxygens (including phenoxy) is 1. The number of fused-ring (bicyclic) bond motifs is 1. The van der Waals surface area contributed by atoms with Crippen molar-refractivity contribution in [1.29, 1.82) is 0 Å². The first-order chi connectivity index (χ1) is 13.2. The maximum atomic E-state index is 13.3. The van der Waals surface area contributed by atoms with E-state index in [0.717, 1.165) is 28.1 Å². The summed E-state index contributed by atoms with van der Waals surface area (Å²) >= 11 is 6.25. The Bertz CT molecular complexity index is 971. The summed E-state index contributed by atoms with van der Waals surface area (Å²) in [5.74, 6) is 0.666. The topological polar surface area (TPSA) is 29.5 Å². The van der Waals surface area contributed by atoms with Gasteiger partial charge in [-0.15, -0.1) is 0 Å².